The zero-order chi connectivity index (χ0) is 14.8. The molecule has 21 heavy (non-hydrogen) atoms. The number of nitrogens with zero attached hydrogens (tertiary/aromatic N) is 1. The molecule has 114 valence electrons. The Kier molecular flexibility index (Phi) is 4.65. The summed E-state index contributed by atoms with van der Waals surface area (Å²) in [5.74, 6) is 0.569. The fourth-order valence-corrected chi connectivity index (χ4v) is 4.10. The fourth-order valence-electron chi connectivity index (χ4n) is 3.68. The summed E-state index contributed by atoms with van der Waals surface area (Å²) in [4.78, 5) is 15.0. The number of rotatable bonds is 2. The zero-order valence-electron chi connectivity index (χ0n) is 12.5. The first-order valence-electron chi connectivity index (χ1n) is 7.94. The molecule has 0 spiro atoms. The number of piperidine rings is 1. The zero-order valence-corrected chi connectivity index (χ0v) is 14.1. The Morgan fingerprint density at radius 1 is 1.38 bits per heavy atom. The minimum atomic E-state index is 0.203. The molecule has 3 nitrogen and oxygen atoms in total. The highest BCUT2D eigenvalue weighted by atomic mass is 79.9. The van der Waals surface area contributed by atoms with Crippen molar-refractivity contribution in [2.24, 2.45) is 5.92 Å². The standard InChI is InChI=1S/C17H23BrN2O/c1-12-10-14(7-8-19-12)17(21)20-9-3-6-16(20)13-4-2-5-15(18)11-13/h2,4-5,11-12,14,16,19H,3,6-10H2,1H3. The minimum Gasteiger partial charge on any atom is -0.335 e. The summed E-state index contributed by atoms with van der Waals surface area (Å²) < 4.78 is 1.09. The van der Waals surface area contributed by atoms with Gasteiger partial charge in [0.1, 0.15) is 0 Å². The molecule has 1 N–H and O–H groups in total. The van der Waals surface area contributed by atoms with Crippen LogP contribution in [0.15, 0.2) is 28.7 Å². The average molecular weight is 351 g/mol. The molecule has 0 radical (unpaired) electrons. The Hall–Kier alpha value is -0.870. The van der Waals surface area contributed by atoms with Crippen molar-refractivity contribution in [1.29, 1.82) is 0 Å². The predicted molar refractivity (Wildman–Crippen MR) is 88.0 cm³/mol. The molecule has 0 saturated carbocycles. The van der Waals surface area contributed by atoms with Gasteiger partial charge in [0.05, 0.1) is 6.04 Å². The molecule has 2 aliphatic heterocycles. The van der Waals surface area contributed by atoms with Crippen LogP contribution in [0.3, 0.4) is 0 Å². The predicted octanol–water partition coefficient (Wildman–Crippen LogP) is 3.50. The Balaban J connectivity index is 1.75. The number of carbonyl (C=O) groups is 1. The third kappa shape index (κ3) is 3.32. The van der Waals surface area contributed by atoms with Crippen LogP contribution in [0.2, 0.25) is 0 Å². The maximum Gasteiger partial charge on any atom is 0.226 e. The SMILES string of the molecule is CC1CC(C(=O)N2CCCC2c2cccc(Br)c2)CCN1. The number of hydrogen-bond acceptors (Lipinski definition) is 2. The lowest BCUT2D eigenvalue weighted by atomic mass is 9.91. The molecular weight excluding hydrogens is 328 g/mol. The Morgan fingerprint density at radius 2 is 2.24 bits per heavy atom. The summed E-state index contributed by atoms with van der Waals surface area (Å²) in [6.07, 6.45) is 4.15. The van der Waals surface area contributed by atoms with E-state index in [2.05, 4.69) is 51.3 Å². The first-order chi connectivity index (χ1) is 10.1. The molecule has 1 amide bonds. The molecule has 0 aromatic heterocycles. The highest BCUT2D eigenvalue weighted by Gasteiger charge is 2.35. The number of benzene rings is 1. The van der Waals surface area contributed by atoms with Gasteiger partial charge in [-0.25, -0.2) is 0 Å². The monoisotopic (exact) mass is 350 g/mol. The summed E-state index contributed by atoms with van der Waals surface area (Å²) in [7, 11) is 0. The van der Waals surface area contributed by atoms with E-state index in [0.717, 1.165) is 43.2 Å². The molecule has 0 bridgehead atoms. The normalized spacial score (nSPS) is 29.6. The van der Waals surface area contributed by atoms with Crippen molar-refractivity contribution in [2.45, 2.75) is 44.7 Å². The number of hydrogen-bond donors (Lipinski definition) is 1. The van der Waals surface area contributed by atoms with E-state index in [4.69, 9.17) is 0 Å². The summed E-state index contributed by atoms with van der Waals surface area (Å²) >= 11 is 3.54. The molecule has 2 fully saturated rings. The van der Waals surface area contributed by atoms with Crippen molar-refractivity contribution in [1.82, 2.24) is 10.2 Å². The number of halogens is 1. The van der Waals surface area contributed by atoms with Crippen LogP contribution < -0.4 is 5.32 Å². The highest BCUT2D eigenvalue weighted by Crippen LogP contribution is 2.35. The van der Waals surface area contributed by atoms with Gasteiger partial charge >= 0.3 is 0 Å². The molecule has 2 aliphatic rings. The lowest BCUT2D eigenvalue weighted by Crippen LogP contribution is -2.44. The molecule has 2 heterocycles. The van der Waals surface area contributed by atoms with E-state index in [1.807, 2.05) is 6.07 Å². The molecule has 3 atom stereocenters. The van der Waals surface area contributed by atoms with Gasteiger partial charge in [-0.2, -0.15) is 0 Å². The molecule has 4 heteroatoms. The van der Waals surface area contributed by atoms with Crippen molar-refractivity contribution in [3.8, 4) is 0 Å². The van der Waals surface area contributed by atoms with E-state index >= 15 is 0 Å². The first kappa shape index (κ1) is 15.0. The Bertz CT molecular complexity index is 519. The van der Waals surface area contributed by atoms with Crippen molar-refractivity contribution in [3.63, 3.8) is 0 Å². The van der Waals surface area contributed by atoms with E-state index < -0.39 is 0 Å². The lowest BCUT2D eigenvalue weighted by Gasteiger charge is -2.33. The first-order valence-corrected chi connectivity index (χ1v) is 8.74. The topological polar surface area (TPSA) is 32.3 Å². The smallest absolute Gasteiger partial charge is 0.226 e. The van der Waals surface area contributed by atoms with Crippen LogP contribution in [0.25, 0.3) is 0 Å². The van der Waals surface area contributed by atoms with E-state index in [-0.39, 0.29) is 12.0 Å². The van der Waals surface area contributed by atoms with Crippen molar-refractivity contribution in [2.75, 3.05) is 13.1 Å². The molecule has 1 aromatic rings. The van der Waals surface area contributed by atoms with Gasteiger partial charge in [-0.1, -0.05) is 28.1 Å². The Morgan fingerprint density at radius 3 is 3.00 bits per heavy atom. The molecule has 3 rings (SSSR count). The van der Waals surface area contributed by atoms with E-state index in [0.29, 0.717) is 11.9 Å². The number of likely N-dealkylation sites (tertiary alicyclic amines) is 1. The van der Waals surface area contributed by atoms with Crippen LogP contribution >= 0.6 is 15.9 Å². The fraction of sp³-hybridized carbons (Fsp3) is 0.588. The third-order valence-corrected chi connectivity index (χ3v) is 5.24. The minimum absolute atomic E-state index is 0.203. The van der Waals surface area contributed by atoms with Crippen LogP contribution in [0, 0.1) is 5.92 Å². The Labute approximate surface area is 135 Å². The summed E-state index contributed by atoms with van der Waals surface area (Å²) in [6.45, 7) is 4.05. The second kappa shape index (κ2) is 6.49. The third-order valence-electron chi connectivity index (χ3n) is 4.74. The van der Waals surface area contributed by atoms with E-state index in [1.165, 1.54) is 5.56 Å². The number of nitrogens with one attached hydrogen (secondary N) is 1. The van der Waals surface area contributed by atoms with Crippen molar-refractivity contribution < 1.29 is 4.79 Å². The van der Waals surface area contributed by atoms with Crippen LogP contribution in [0.4, 0.5) is 0 Å². The van der Waals surface area contributed by atoms with Gasteiger partial charge in [-0.05, 0) is 56.8 Å². The maximum atomic E-state index is 12.9. The van der Waals surface area contributed by atoms with E-state index in [1.54, 1.807) is 0 Å². The summed E-state index contributed by atoms with van der Waals surface area (Å²) in [6, 6.07) is 9.12. The summed E-state index contributed by atoms with van der Waals surface area (Å²) in [5.41, 5.74) is 1.26. The van der Waals surface area contributed by atoms with Gasteiger partial charge < -0.3 is 10.2 Å². The van der Waals surface area contributed by atoms with Gasteiger partial charge in [0.2, 0.25) is 5.91 Å². The molecule has 3 unspecified atom stereocenters. The number of amides is 1. The molecule has 1 aromatic carbocycles. The van der Waals surface area contributed by atoms with Crippen molar-refractivity contribution >= 4 is 21.8 Å². The van der Waals surface area contributed by atoms with E-state index in [9.17, 15) is 4.79 Å². The van der Waals surface area contributed by atoms with Crippen molar-refractivity contribution in [3.05, 3.63) is 34.3 Å². The van der Waals surface area contributed by atoms with Crippen LogP contribution in [0.5, 0.6) is 0 Å². The van der Waals surface area contributed by atoms with Gasteiger partial charge in [0.15, 0.2) is 0 Å². The molecule has 2 saturated heterocycles. The van der Waals surface area contributed by atoms with Crippen LogP contribution in [0.1, 0.15) is 44.2 Å². The quantitative estimate of drug-likeness (QED) is 0.885. The van der Waals surface area contributed by atoms with Crippen LogP contribution in [-0.4, -0.2) is 29.9 Å². The second-order valence-corrected chi connectivity index (χ2v) is 7.24. The highest BCUT2D eigenvalue weighted by molar-refractivity contribution is 9.10. The second-order valence-electron chi connectivity index (χ2n) is 6.32. The van der Waals surface area contributed by atoms with Gasteiger partial charge in [-0.3, -0.25) is 4.79 Å². The average Bonchev–Trinajstić information content (AvgIpc) is 2.96. The van der Waals surface area contributed by atoms with Gasteiger partial charge in [0.25, 0.3) is 0 Å². The number of carbonyl (C=O) groups excluding carboxylic acids is 1. The van der Waals surface area contributed by atoms with Gasteiger partial charge in [0, 0.05) is 23.0 Å². The lowest BCUT2D eigenvalue weighted by molar-refractivity contribution is -0.137. The summed E-state index contributed by atoms with van der Waals surface area (Å²) in [5, 5.41) is 3.43. The van der Waals surface area contributed by atoms with Gasteiger partial charge in [-0.15, -0.1) is 0 Å². The van der Waals surface area contributed by atoms with Crippen LogP contribution in [-0.2, 0) is 4.79 Å². The molecular formula is C17H23BrN2O. The molecule has 0 aliphatic carbocycles. The largest absolute Gasteiger partial charge is 0.335 e. The maximum absolute atomic E-state index is 12.9.